The van der Waals surface area contributed by atoms with Crippen molar-refractivity contribution >= 4 is 15.9 Å². The summed E-state index contributed by atoms with van der Waals surface area (Å²) >= 11 is 0. The van der Waals surface area contributed by atoms with Gasteiger partial charge in [0.1, 0.15) is 0 Å². The van der Waals surface area contributed by atoms with Gasteiger partial charge in [-0.05, 0) is 54.7 Å². The van der Waals surface area contributed by atoms with Gasteiger partial charge in [-0.25, -0.2) is 13.1 Å². The number of aryl methyl sites for hydroxylation is 1. The number of nitrogens with one attached hydrogen (secondary N) is 1. The number of rotatable bonds is 9. The third kappa shape index (κ3) is 5.76. The molecule has 0 bridgehead atoms. The molecule has 150 valence electrons. The van der Waals surface area contributed by atoms with E-state index < -0.39 is 15.9 Å². The van der Waals surface area contributed by atoms with Crippen LogP contribution < -0.4 is 10.5 Å². The van der Waals surface area contributed by atoms with E-state index in [1.165, 1.54) is 29.8 Å². The molecule has 1 atom stereocenters. The predicted octanol–water partition coefficient (Wildman–Crippen LogP) is 3.83. The van der Waals surface area contributed by atoms with Gasteiger partial charge >= 0.3 is 0 Å². The molecule has 0 aliphatic carbocycles. The fourth-order valence-corrected chi connectivity index (χ4v) is 4.45. The van der Waals surface area contributed by atoms with Crippen LogP contribution in [-0.2, 0) is 16.4 Å². The van der Waals surface area contributed by atoms with Gasteiger partial charge in [0, 0.05) is 11.6 Å². The first-order valence-electron chi connectivity index (χ1n) is 9.47. The van der Waals surface area contributed by atoms with Crippen LogP contribution >= 0.6 is 0 Å². The van der Waals surface area contributed by atoms with E-state index in [2.05, 4.69) is 16.9 Å². The average Bonchev–Trinajstić information content (AvgIpc) is 2.74. The van der Waals surface area contributed by atoms with Crippen LogP contribution in [0.1, 0.15) is 40.4 Å². The van der Waals surface area contributed by atoms with Crippen molar-refractivity contribution in [3.63, 3.8) is 0 Å². The van der Waals surface area contributed by atoms with Gasteiger partial charge < -0.3 is 5.73 Å². The molecule has 29 heavy (non-hydrogen) atoms. The first-order valence-corrected chi connectivity index (χ1v) is 10.9. The zero-order valence-electron chi connectivity index (χ0n) is 16.0. The van der Waals surface area contributed by atoms with Gasteiger partial charge in [-0.2, -0.15) is 0 Å². The van der Waals surface area contributed by atoms with Crippen LogP contribution in [0.3, 0.4) is 0 Å². The Bertz CT molecular complexity index is 1030. The van der Waals surface area contributed by atoms with Gasteiger partial charge in [-0.1, -0.05) is 60.7 Å². The van der Waals surface area contributed by atoms with E-state index in [9.17, 15) is 13.2 Å². The molecule has 6 heteroatoms. The van der Waals surface area contributed by atoms with E-state index in [-0.39, 0.29) is 16.5 Å². The minimum absolute atomic E-state index is 0.103. The Morgan fingerprint density at radius 3 is 2.03 bits per heavy atom. The Hall–Kier alpha value is -2.96. The van der Waals surface area contributed by atoms with Crippen LogP contribution in [0.4, 0.5) is 0 Å². The highest BCUT2D eigenvalue weighted by Crippen LogP contribution is 2.23. The summed E-state index contributed by atoms with van der Waals surface area (Å²) in [6.45, 7) is 0. The van der Waals surface area contributed by atoms with Crippen LogP contribution in [0.15, 0.2) is 89.8 Å². The first kappa shape index (κ1) is 20.8. The maximum atomic E-state index is 12.9. The van der Waals surface area contributed by atoms with Gasteiger partial charge in [-0.15, -0.1) is 0 Å². The van der Waals surface area contributed by atoms with Gasteiger partial charge in [0.2, 0.25) is 15.9 Å². The van der Waals surface area contributed by atoms with Crippen molar-refractivity contribution in [2.24, 2.45) is 5.73 Å². The number of amides is 1. The number of hydrogen-bond donors (Lipinski definition) is 2. The van der Waals surface area contributed by atoms with Crippen molar-refractivity contribution < 1.29 is 13.2 Å². The molecule has 0 heterocycles. The molecule has 0 aromatic heterocycles. The van der Waals surface area contributed by atoms with E-state index in [0.29, 0.717) is 6.42 Å². The lowest BCUT2D eigenvalue weighted by Crippen LogP contribution is -2.29. The number of carbonyl (C=O) groups is 1. The summed E-state index contributed by atoms with van der Waals surface area (Å²) in [7, 11) is -3.75. The van der Waals surface area contributed by atoms with E-state index in [1.807, 2.05) is 48.5 Å². The summed E-state index contributed by atoms with van der Waals surface area (Å²) in [5.74, 6) is -0.593. The van der Waals surface area contributed by atoms with Crippen molar-refractivity contribution in [1.82, 2.24) is 4.72 Å². The molecule has 0 aliphatic heterocycles. The Morgan fingerprint density at radius 1 is 0.862 bits per heavy atom. The molecule has 0 fully saturated rings. The molecule has 3 N–H and O–H groups in total. The van der Waals surface area contributed by atoms with Gasteiger partial charge in [-0.3, -0.25) is 4.79 Å². The molecular formula is C23H24N2O3S. The molecule has 1 amide bonds. The molecule has 3 aromatic rings. The minimum atomic E-state index is -3.75. The van der Waals surface area contributed by atoms with Gasteiger partial charge in [0.25, 0.3) is 0 Å². The van der Waals surface area contributed by atoms with E-state index in [4.69, 9.17) is 5.73 Å². The Labute approximate surface area is 171 Å². The zero-order chi connectivity index (χ0) is 20.7. The maximum Gasteiger partial charge on any atom is 0.248 e. The summed E-state index contributed by atoms with van der Waals surface area (Å²) in [6, 6.07) is 25.0. The molecule has 0 saturated carbocycles. The van der Waals surface area contributed by atoms with Crippen molar-refractivity contribution in [2.45, 2.75) is 30.2 Å². The quantitative estimate of drug-likeness (QED) is 0.564. The molecule has 5 nitrogen and oxygen atoms in total. The predicted molar refractivity (Wildman–Crippen MR) is 114 cm³/mol. The van der Waals surface area contributed by atoms with Crippen molar-refractivity contribution in [2.75, 3.05) is 0 Å². The van der Waals surface area contributed by atoms with Crippen LogP contribution in [0.2, 0.25) is 0 Å². The molecule has 0 saturated heterocycles. The Morgan fingerprint density at radius 2 is 1.45 bits per heavy atom. The average molecular weight is 409 g/mol. The summed E-state index contributed by atoms with van der Waals surface area (Å²) in [5, 5.41) is 0. The van der Waals surface area contributed by atoms with Crippen LogP contribution in [0.25, 0.3) is 0 Å². The largest absolute Gasteiger partial charge is 0.366 e. The number of carbonyl (C=O) groups excluding carboxylic acids is 1. The molecular weight excluding hydrogens is 384 g/mol. The van der Waals surface area contributed by atoms with Gasteiger partial charge in [0.15, 0.2) is 0 Å². The SMILES string of the molecule is NC(=O)c1ccc(S(=O)(=O)NC(CCCc2ccccc2)c2ccccc2)cc1. The van der Waals surface area contributed by atoms with E-state index in [0.717, 1.165) is 18.4 Å². The highest BCUT2D eigenvalue weighted by atomic mass is 32.2. The monoisotopic (exact) mass is 408 g/mol. The molecule has 0 radical (unpaired) electrons. The molecule has 0 aliphatic rings. The third-order valence-corrected chi connectivity index (χ3v) is 6.24. The standard InChI is InChI=1S/C23H24N2O3S/c24-23(26)20-14-16-21(17-15-20)29(27,28)25-22(19-11-5-2-6-12-19)13-7-10-18-8-3-1-4-9-18/h1-6,8-9,11-12,14-17,22,25H,7,10,13H2,(H2,24,26). The summed E-state index contributed by atoms with van der Waals surface area (Å²) in [5.41, 5.74) is 7.64. The van der Waals surface area contributed by atoms with Crippen molar-refractivity contribution in [3.05, 3.63) is 102 Å². The normalized spacial score (nSPS) is 12.4. The van der Waals surface area contributed by atoms with Crippen molar-refractivity contribution in [3.8, 4) is 0 Å². The lowest BCUT2D eigenvalue weighted by atomic mass is 10.00. The number of primary amides is 1. The molecule has 1 unspecified atom stereocenters. The number of hydrogen-bond acceptors (Lipinski definition) is 3. The van der Waals surface area contributed by atoms with Crippen LogP contribution in [0.5, 0.6) is 0 Å². The first-order chi connectivity index (χ1) is 14.0. The third-order valence-electron chi connectivity index (χ3n) is 4.75. The van der Waals surface area contributed by atoms with E-state index in [1.54, 1.807) is 0 Å². The Kier molecular flexibility index (Phi) is 6.80. The summed E-state index contributed by atoms with van der Waals surface area (Å²) in [6.07, 6.45) is 2.38. The lowest BCUT2D eigenvalue weighted by Gasteiger charge is -2.19. The van der Waals surface area contributed by atoms with E-state index >= 15 is 0 Å². The Balaban J connectivity index is 1.75. The number of sulfonamides is 1. The number of nitrogens with two attached hydrogens (primary N) is 1. The molecule has 3 rings (SSSR count). The minimum Gasteiger partial charge on any atom is -0.366 e. The fourth-order valence-electron chi connectivity index (χ4n) is 3.19. The summed E-state index contributed by atoms with van der Waals surface area (Å²) in [4.78, 5) is 11.3. The molecule has 3 aromatic carbocycles. The second-order valence-electron chi connectivity index (χ2n) is 6.85. The second-order valence-corrected chi connectivity index (χ2v) is 8.56. The molecule has 0 spiro atoms. The van der Waals surface area contributed by atoms with Crippen LogP contribution in [-0.4, -0.2) is 14.3 Å². The smallest absolute Gasteiger partial charge is 0.248 e. The highest BCUT2D eigenvalue weighted by molar-refractivity contribution is 7.89. The fraction of sp³-hybridized carbons (Fsp3) is 0.174. The maximum absolute atomic E-state index is 12.9. The van der Waals surface area contributed by atoms with Gasteiger partial charge in [0.05, 0.1) is 4.90 Å². The lowest BCUT2D eigenvalue weighted by molar-refractivity contribution is 0.1000. The van der Waals surface area contributed by atoms with Crippen LogP contribution in [0, 0.1) is 0 Å². The summed E-state index contributed by atoms with van der Waals surface area (Å²) < 4.78 is 28.6. The number of benzene rings is 3. The zero-order valence-corrected chi connectivity index (χ0v) is 16.8. The second kappa shape index (κ2) is 9.49. The highest BCUT2D eigenvalue weighted by Gasteiger charge is 2.21. The van der Waals surface area contributed by atoms with Crippen molar-refractivity contribution in [1.29, 1.82) is 0 Å². The topological polar surface area (TPSA) is 89.3 Å².